The third kappa shape index (κ3) is 3.96. The van der Waals surface area contributed by atoms with Crippen molar-refractivity contribution in [2.75, 3.05) is 7.05 Å². The van der Waals surface area contributed by atoms with Crippen LogP contribution in [-0.4, -0.2) is 39.9 Å². The molecule has 0 aliphatic rings. The Labute approximate surface area is 166 Å². The number of hydrogen-bond acceptors (Lipinski definition) is 6. The zero-order chi connectivity index (χ0) is 20.4. The Morgan fingerprint density at radius 1 is 1.25 bits per heavy atom. The number of ether oxygens (including phenoxy) is 1. The quantitative estimate of drug-likeness (QED) is 0.666. The third-order valence-electron chi connectivity index (χ3n) is 4.37. The molecular weight excluding hydrogens is 378 g/mol. The summed E-state index contributed by atoms with van der Waals surface area (Å²) < 4.78 is 5.38. The predicted molar refractivity (Wildman–Crippen MR) is 108 cm³/mol. The molecule has 8 heteroatoms. The molecule has 0 aliphatic heterocycles. The first kappa shape index (κ1) is 19.8. The molecule has 2 aromatic heterocycles. The van der Waals surface area contributed by atoms with Crippen molar-refractivity contribution in [2.45, 2.75) is 33.4 Å². The molecule has 0 unspecified atom stereocenters. The van der Waals surface area contributed by atoms with E-state index in [1.165, 1.54) is 4.90 Å². The molecule has 2 heterocycles. The highest BCUT2D eigenvalue weighted by Crippen LogP contribution is 2.28. The Kier molecular flexibility index (Phi) is 5.60. The Bertz CT molecular complexity index is 1090. The Morgan fingerprint density at radius 2 is 1.93 bits per heavy atom. The molecule has 28 heavy (non-hydrogen) atoms. The van der Waals surface area contributed by atoms with Crippen molar-refractivity contribution in [3.05, 3.63) is 62.5 Å². The van der Waals surface area contributed by atoms with E-state index in [2.05, 4.69) is 9.97 Å². The lowest BCUT2D eigenvalue weighted by Gasteiger charge is -2.21. The van der Waals surface area contributed by atoms with Crippen LogP contribution in [0.3, 0.4) is 0 Å². The van der Waals surface area contributed by atoms with Gasteiger partial charge >= 0.3 is 5.97 Å². The first-order valence-electron chi connectivity index (χ1n) is 8.77. The van der Waals surface area contributed by atoms with Gasteiger partial charge in [-0.25, -0.2) is 9.78 Å². The first-order valence-corrected chi connectivity index (χ1v) is 9.59. The molecule has 0 saturated heterocycles. The number of thiophene rings is 1. The second-order valence-corrected chi connectivity index (χ2v) is 7.61. The van der Waals surface area contributed by atoms with Crippen LogP contribution >= 0.6 is 11.3 Å². The summed E-state index contributed by atoms with van der Waals surface area (Å²) in [7, 11) is 1.66. The van der Waals surface area contributed by atoms with Gasteiger partial charge in [0.25, 0.3) is 11.5 Å². The number of hydrogen-bond donors (Lipinski definition) is 1. The van der Waals surface area contributed by atoms with E-state index in [9.17, 15) is 14.4 Å². The third-order valence-corrected chi connectivity index (χ3v) is 5.54. The standard InChI is InChI=1S/C20H21N3O4S/c1-11-15-17(24)21-13(3)22-18(15)28-16(11)20(26)27-12(2)19(25)23(4)10-14-8-6-5-7-9-14/h5-9,12H,10H2,1-4H3,(H,21,22,24)/t12-/m1/s1. The van der Waals surface area contributed by atoms with Crippen molar-refractivity contribution >= 4 is 33.4 Å². The van der Waals surface area contributed by atoms with Gasteiger partial charge in [-0.05, 0) is 31.9 Å². The van der Waals surface area contributed by atoms with Crippen molar-refractivity contribution < 1.29 is 14.3 Å². The average Bonchev–Trinajstić information content (AvgIpc) is 2.98. The number of fused-ring (bicyclic) bond motifs is 1. The summed E-state index contributed by atoms with van der Waals surface area (Å²) in [6.07, 6.45) is -0.946. The summed E-state index contributed by atoms with van der Waals surface area (Å²) in [6.45, 7) is 5.31. The SMILES string of the molecule is Cc1nc2sc(C(=O)O[C@H](C)C(=O)N(C)Cc3ccccc3)c(C)c2c(=O)[nH]1. The summed E-state index contributed by atoms with van der Waals surface area (Å²) in [5, 5.41) is 0.378. The molecule has 0 fully saturated rings. The van der Waals surface area contributed by atoms with Crippen LogP contribution in [0.4, 0.5) is 0 Å². The maximum absolute atomic E-state index is 12.6. The van der Waals surface area contributed by atoms with Gasteiger partial charge in [0.2, 0.25) is 0 Å². The summed E-state index contributed by atoms with van der Waals surface area (Å²) in [5.74, 6) is -0.459. The monoisotopic (exact) mass is 399 g/mol. The van der Waals surface area contributed by atoms with Crippen LogP contribution in [0.2, 0.25) is 0 Å². The van der Waals surface area contributed by atoms with Crippen LogP contribution < -0.4 is 5.56 Å². The highest BCUT2D eigenvalue weighted by Gasteiger charge is 2.26. The summed E-state index contributed by atoms with van der Waals surface area (Å²) in [6, 6.07) is 9.56. The van der Waals surface area contributed by atoms with Crippen LogP contribution in [0.15, 0.2) is 35.1 Å². The van der Waals surface area contributed by atoms with E-state index in [1.807, 2.05) is 30.3 Å². The number of carbonyl (C=O) groups excluding carboxylic acids is 2. The van der Waals surface area contributed by atoms with Crippen LogP contribution in [-0.2, 0) is 16.1 Å². The molecule has 3 rings (SSSR count). The number of amides is 1. The van der Waals surface area contributed by atoms with E-state index in [0.717, 1.165) is 16.9 Å². The van der Waals surface area contributed by atoms with E-state index in [-0.39, 0.29) is 16.3 Å². The number of carbonyl (C=O) groups is 2. The summed E-state index contributed by atoms with van der Waals surface area (Å²) in [5.41, 5.74) is 1.20. The molecule has 1 atom stereocenters. The molecule has 0 spiro atoms. The lowest BCUT2D eigenvalue weighted by atomic mass is 10.2. The number of nitrogens with one attached hydrogen (secondary N) is 1. The molecule has 1 aromatic carbocycles. The Morgan fingerprint density at radius 3 is 2.61 bits per heavy atom. The minimum absolute atomic E-state index is 0.281. The summed E-state index contributed by atoms with van der Waals surface area (Å²) in [4.78, 5) is 46.5. The van der Waals surface area contributed by atoms with Gasteiger partial charge in [-0.15, -0.1) is 11.3 Å². The highest BCUT2D eigenvalue weighted by atomic mass is 32.1. The number of aromatic nitrogens is 2. The first-order chi connectivity index (χ1) is 13.3. The van der Waals surface area contributed by atoms with E-state index in [0.29, 0.717) is 28.1 Å². The van der Waals surface area contributed by atoms with Gasteiger partial charge in [0, 0.05) is 13.6 Å². The highest BCUT2D eigenvalue weighted by molar-refractivity contribution is 7.20. The Hall–Kier alpha value is -3.00. The van der Waals surface area contributed by atoms with Gasteiger partial charge < -0.3 is 14.6 Å². The normalized spacial score (nSPS) is 12.0. The van der Waals surface area contributed by atoms with Crippen molar-refractivity contribution in [1.29, 1.82) is 0 Å². The number of esters is 1. The van der Waals surface area contributed by atoms with Crippen LogP contribution in [0.1, 0.15) is 33.5 Å². The average molecular weight is 399 g/mol. The van der Waals surface area contributed by atoms with Crippen molar-refractivity contribution in [3.8, 4) is 0 Å². The second-order valence-electron chi connectivity index (χ2n) is 6.62. The molecule has 0 radical (unpaired) electrons. The van der Waals surface area contributed by atoms with Crippen LogP contribution in [0.5, 0.6) is 0 Å². The lowest BCUT2D eigenvalue weighted by molar-refractivity contribution is -0.139. The Balaban J connectivity index is 1.74. The summed E-state index contributed by atoms with van der Waals surface area (Å²) >= 11 is 1.09. The number of aromatic amines is 1. The van der Waals surface area contributed by atoms with Crippen LogP contribution in [0.25, 0.3) is 10.2 Å². The zero-order valence-corrected chi connectivity index (χ0v) is 16.9. The maximum atomic E-state index is 12.6. The molecular formula is C20H21N3O4S. The predicted octanol–water partition coefficient (Wildman–Crippen LogP) is 2.81. The van der Waals surface area contributed by atoms with Crippen molar-refractivity contribution in [3.63, 3.8) is 0 Å². The molecule has 3 aromatic rings. The minimum atomic E-state index is -0.946. The van der Waals surface area contributed by atoms with E-state index < -0.39 is 12.1 Å². The van der Waals surface area contributed by atoms with Gasteiger partial charge in [0.05, 0.1) is 5.39 Å². The number of aryl methyl sites for hydroxylation is 2. The molecule has 146 valence electrons. The van der Waals surface area contributed by atoms with Gasteiger partial charge in [-0.1, -0.05) is 30.3 Å². The van der Waals surface area contributed by atoms with Gasteiger partial charge in [-0.3, -0.25) is 9.59 Å². The molecule has 7 nitrogen and oxygen atoms in total. The second kappa shape index (κ2) is 7.93. The van der Waals surface area contributed by atoms with E-state index in [1.54, 1.807) is 27.8 Å². The lowest BCUT2D eigenvalue weighted by Crippen LogP contribution is -2.37. The van der Waals surface area contributed by atoms with Gasteiger partial charge in [-0.2, -0.15) is 0 Å². The fourth-order valence-corrected chi connectivity index (χ4v) is 4.07. The fraction of sp³-hybridized carbons (Fsp3) is 0.300. The molecule has 1 N–H and O–H groups in total. The van der Waals surface area contributed by atoms with Crippen molar-refractivity contribution in [1.82, 2.24) is 14.9 Å². The number of nitrogens with zero attached hydrogens (tertiary/aromatic N) is 2. The number of rotatable bonds is 5. The van der Waals surface area contributed by atoms with E-state index >= 15 is 0 Å². The number of likely N-dealkylation sites (N-methyl/N-ethyl adjacent to an activating group) is 1. The molecule has 0 aliphatic carbocycles. The zero-order valence-electron chi connectivity index (χ0n) is 16.1. The van der Waals surface area contributed by atoms with Crippen molar-refractivity contribution in [2.24, 2.45) is 0 Å². The number of H-pyrrole nitrogens is 1. The number of benzene rings is 1. The maximum Gasteiger partial charge on any atom is 0.349 e. The minimum Gasteiger partial charge on any atom is -0.448 e. The largest absolute Gasteiger partial charge is 0.448 e. The molecule has 0 bridgehead atoms. The smallest absolute Gasteiger partial charge is 0.349 e. The van der Waals surface area contributed by atoms with Crippen LogP contribution in [0, 0.1) is 13.8 Å². The van der Waals surface area contributed by atoms with Gasteiger partial charge in [0.15, 0.2) is 6.10 Å². The molecule has 1 amide bonds. The van der Waals surface area contributed by atoms with E-state index in [4.69, 9.17) is 4.74 Å². The van der Waals surface area contributed by atoms with Gasteiger partial charge in [0.1, 0.15) is 15.5 Å². The molecule has 0 saturated carbocycles. The fourth-order valence-electron chi connectivity index (χ4n) is 2.96. The topological polar surface area (TPSA) is 92.4 Å².